The summed E-state index contributed by atoms with van der Waals surface area (Å²) in [5.74, 6) is -0.221. The molecule has 1 saturated heterocycles. The van der Waals surface area contributed by atoms with Crippen LogP contribution in [-0.2, 0) is 4.79 Å². The predicted octanol–water partition coefficient (Wildman–Crippen LogP) is 0.876. The second-order valence-electron chi connectivity index (χ2n) is 4.84. The highest BCUT2D eigenvalue weighted by atomic mass is 16.1. The van der Waals surface area contributed by atoms with Crippen molar-refractivity contribution in [3.63, 3.8) is 0 Å². The van der Waals surface area contributed by atoms with Crippen LogP contribution >= 0.6 is 0 Å². The van der Waals surface area contributed by atoms with Crippen molar-refractivity contribution in [2.45, 2.75) is 39.2 Å². The van der Waals surface area contributed by atoms with Crippen molar-refractivity contribution in [1.82, 2.24) is 4.90 Å². The summed E-state index contributed by atoms with van der Waals surface area (Å²) in [6.07, 6.45) is 2.70. The summed E-state index contributed by atoms with van der Waals surface area (Å²) in [4.78, 5) is 13.0. The molecule has 2 N–H and O–H groups in total. The molecule has 1 unspecified atom stereocenters. The summed E-state index contributed by atoms with van der Waals surface area (Å²) in [6.45, 7) is 5.71. The molecular formula is C11H19N3O. The van der Waals surface area contributed by atoms with Crippen molar-refractivity contribution in [3.05, 3.63) is 0 Å². The van der Waals surface area contributed by atoms with Gasteiger partial charge >= 0.3 is 0 Å². The van der Waals surface area contributed by atoms with Gasteiger partial charge in [0.25, 0.3) is 0 Å². The Bertz CT molecular complexity index is 280. The average molecular weight is 209 g/mol. The Hall–Kier alpha value is -1.08. The average Bonchev–Trinajstić information content (AvgIpc) is 2.09. The van der Waals surface area contributed by atoms with Crippen LogP contribution in [0.25, 0.3) is 0 Å². The van der Waals surface area contributed by atoms with E-state index in [9.17, 15) is 4.79 Å². The largest absolute Gasteiger partial charge is 0.368 e. The molecule has 1 rings (SSSR count). The van der Waals surface area contributed by atoms with E-state index in [1.807, 2.05) is 13.8 Å². The molecule has 0 saturated carbocycles. The molecule has 0 aromatic rings. The number of hydrogen-bond acceptors (Lipinski definition) is 3. The van der Waals surface area contributed by atoms with Crippen molar-refractivity contribution in [3.8, 4) is 6.07 Å². The quantitative estimate of drug-likeness (QED) is 0.730. The van der Waals surface area contributed by atoms with Gasteiger partial charge in [0.2, 0.25) is 5.91 Å². The molecule has 0 aliphatic carbocycles. The van der Waals surface area contributed by atoms with Crippen molar-refractivity contribution < 1.29 is 4.79 Å². The summed E-state index contributed by atoms with van der Waals surface area (Å²) >= 11 is 0. The minimum Gasteiger partial charge on any atom is -0.368 e. The van der Waals surface area contributed by atoms with Crippen molar-refractivity contribution >= 4 is 5.91 Å². The molecule has 0 bridgehead atoms. The molecule has 4 nitrogen and oxygen atoms in total. The molecule has 1 amide bonds. The van der Waals surface area contributed by atoms with Gasteiger partial charge < -0.3 is 5.73 Å². The Morgan fingerprint density at radius 1 is 1.67 bits per heavy atom. The van der Waals surface area contributed by atoms with Crippen molar-refractivity contribution in [2.75, 3.05) is 13.1 Å². The highest BCUT2D eigenvalue weighted by Gasteiger charge is 2.32. The molecule has 1 aliphatic rings. The van der Waals surface area contributed by atoms with Gasteiger partial charge in [-0.2, -0.15) is 5.26 Å². The molecule has 84 valence electrons. The van der Waals surface area contributed by atoms with Gasteiger partial charge in [0.15, 0.2) is 0 Å². The van der Waals surface area contributed by atoms with Crippen molar-refractivity contribution in [2.24, 2.45) is 11.1 Å². The van der Waals surface area contributed by atoms with Gasteiger partial charge in [0.1, 0.15) is 0 Å². The van der Waals surface area contributed by atoms with E-state index in [2.05, 4.69) is 11.0 Å². The number of nitrogens with zero attached hydrogens (tertiary/aromatic N) is 2. The topological polar surface area (TPSA) is 70.1 Å². The van der Waals surface area contributed by atoms with E-state index < -0.39 is 0 Å². The number of amides is 1. The van der Waals surface area contributed by atoms with Gasteiger partial charge in [-0.15, -0.1) is 0 Å². The molecule has 4 heteroatoms. The van der Waals surface area contributed by atoms with E-state index in [1.54, 1.807) is 0 Å². The fourth-order valence-corrected chi connectivity index (χ4v) is 1.81. The van der Waals surface area contributed by atoms with Crippen LogP contribution in [0.2, 0.25) is 0 Å². The zero-order chi connectivity index (χ0) is 11.5. The van der Waals surface area contributed by atoms with Gasteiger partial charge in [0, 0.05) is 6.54 Å². The van der Waals surface area contributed by atoms with E-state index in [1.165, 1.54) is 0 Å². The summed E-state index contributed by atoms with van der Waals surface area (Å²) in [5, 5.41) is 8.83. The van der Waals surface area contributed by atoms with Gasteiger partial charge in [-0.05, 0) is 39.7 Å². The minimum absolute atomic E-state index is 0.0600. The number of nitriles is 1. The number of nitrogens with two attached hydrogens (primary N) is 1. The molecular weight excluding hydrogens is 190 g/mol. The molecule has 1 atom stereocenters. The normalized spacial score (nSPS) is 21.8. The highest BCUT2D eigenvalue weighted by molar-refractivity contribution is 5.80. The van der Waals surface area contributed by atoms with Crippen LogP contribution in [0.5, 0.6) is 0 Å². The molecule has 1 aliphatic heterocycles. The molecule has 1 fully saturated rings. The zero-order valence-corrected chi connectivity index (χ0v) is 9.49. The van der Waals surface area contributed by atoms with E-state index in [0.29, 0.717) is 0 Å². The van der Waals surface area contributed by atoms with E-state index in [0.717, 1.165) is 32.4 Å². The standard InChI is InChI=1S/C11H19N3O/c1-11(2,8-12)5-3-6-14-7-4-9(14)10(13)15/h9H,3-7H2,1-2H3,(H2,13,15). The van der Waals surface area contributed by atoms with Crippen LogP contribution in [0.3, 0.4) is 0 Å². The molecule has 0 aromatic carbocycles. The first-order chi connectivity index (χ1) is 6.96. The predicted molar refractivity (Wildman–Crippen MR) is 57.8 cm³/mol. The zero-order valence-electron chi connectivity index (χ0n) is 9.49. The fraction of sp³-hybridized carbons (Fsp3) is 0.818. The number of likely N-dealkylation sites (tertiary alicyclic amines) is 1. The number of carbonyl (C=O) groups is 1. The third-order valence-electron chi connectivity index (χ3n) is 3.01. The van der Waals surface area contributed by atoms with E-state index in [4.69, 9.17) is 11.0 Å². The summed E-state index contributed by atoms with van der Waals surface area (Å²) < 4.78 is 0. The monoisotopic (exact) mass is 209 g/mol. The Morgan fingerprint density at radius 3 is 2.73 bits per heavy atom. The van der Waals surface area contributed by atoms with Crippen LogP contribution in [0.15, 0.2) is 0 Å². The first-order valence-corrected chi connectivity index (χ1v) is 5.41. The van der Waals surface area contributed by atoms with Crippen LogP contribution < -0.4 is 5.73 Å². The molecule has 0 radical (unpaired) electrons. The SMILES string of the molecule is CC(C)(C#N)CCCN1CCC1C(N)=O. The van der Waals surface area contributed by atoms with Crippen LogP contribution in [0.4, 0.5) is 0 Å². The van der Waals surface area contributed by atoms with Crippen molar-refractivity contribution in [1.29, 1.82) is 5.26 Å². The lowest BCUT2D eigenvalue weighted by Crippen LogP contribution is -2.54. The highest BCUT2D eigenvalue weighted by Crippen LogP contribution is 2.23. The molecule has 1 heterocycles. The van der Waals surface area contributed by atoms with Gasteiger partial charge in [-0.3, -0.25) is 9.69 Å². The third-order valence-corrected chi connectivity index (χ3v) is 3.01. The Balaban J connectivity index is 2.22. The minimum atomic E-state index is -0.257. The first-order valence-electron chi connectivity index (χ1n) is 5.41. The van der Waals surface area contributed by atoms with Crippen LogP contribution in [0.1, 0.15) is 33.1 Å². The number of hydrogen-bond donors (Lipinski definition) is 1. The Morgan fingerprint density at radius 2 is 2.33 bits per heavy atom. The second kappa shape index (κ2) is 4.63. The molecule has 15 heavy (non-hydrogen) atoms. The number of carbonyl (C=O) groups excluding carboxylic acids is 1. The molecule has 0 aromatic heterocycles. The van der Waals surface area contributed by atoms with E-state index in [-0.39, 0.29) is 17.4 Å². The summed E-state index contributed by atoms with van der Waals surface area (Å²) in [5.41, 5.74) is 4.98. The number of rotatable bonds is 5. The number of primary amides is 1. The van der Waals surface area contributed by atoms with E-state index >= 15 is 0 Å². The van der Waals surface area contributed by atoms with Gasteiger partial charge in [-0.25, -0.2) is 0 Å². The second-order valence-corrected chi connectivity index (χ2v) is 4.84. The Labute approximate surface area is 91.0 Å². The maximum Gasteiger partial charge on any atom is 0.234 e. The summed E-state index contributed by atoms with van der Waals surface area (Å²) in [7, 11) is 0. The van der Waals surface area contributed by atoms with Gasteiger partial charge in [0.05, 0.1) is 17.5 Å². The van der Waals surface area contributed by atoms with Crippen LogP contribution in [0, 0.1) is 16.7 Å². The van der Waals surface area contributed by atoms with Crippen LogP contribution in [-0.4, -0.2) is 29.9 Å². The third kappa shape index (κ3) is 3.21. The smallest absolute Gasteiger partial charge is 0.234 e. The molecule has 0 spiro atoms. The summed E-state index contributed by atoms with van der Waals surface area (Å²) in [6, 6.07) is 2.21. The fourth-order valence-electron chi connectivity index (χ4n) is 1.81. The van der Waals surface area contributed by atoms with Gasteiger partial charge in [-0.1, -0.05) is 0 Å². The lowest BCUT2D eigenvalue weighted by Gasteiger charge is -2.39. The first kappa shape index (κ1) is 12.0. The maximum atomic E-state index is 10.9. The maximum absolute atomic E-state index is 10.9. The lowest BCUT2D eigenvalue weighted by molar-refractivity contribution is -0.127. The Kier molecular flexibility index (Phi) is 3.70. The lowest BCUT2D eigenvalue weighted by atomic mass is 9.89.